The fraction of sp³-hybridized carbons (Fsp3) is 0.875. The Kier molecular flexibility index (Phi) is 3.34. The zero-order valence-corrected chi connectivity index (χ0v) is 7.55. The second-order valence-electron chi connectivity index (χ2n) is 3.31. The van der Waals surface area contributed by atoms with Crippen molar-refractivity contribution in [3.05, 3.63) is 0 Å². The zero-order chi connectivity index (χ0) is 8.97. The molecule has 1 aliphatic rings. The summed E-state index contributed by atoms with van der Waals surface area (Å²) in [6.07, 6.45) is 3.49. The molecule has 70 valence electrons. The number of rotatable bonds is 1. The topological polar surface area (TPSA) is 58.4 Å². The van der Waals surface area contributed by atoms with Crippen LogP contribution >= 0.6 is 0 Å². The highest BCUT2D eigenvalue weighted by Crippen LogP contribution is 2.18. The molecule has 4 nitrogen and oxygen atoms in total. The predicted octanol–water partition coefficient (Wildman–Crippen LogP) is 0.692. The number of nitrogens with one attached hydrogen (secondary N) is 1. The van der Waals surface area contributed by atoms with Crippen LogP contribution in [0.3, 0.4) is 0 Å². The second kappa shape index (κ2) is 4.30. The van der Waals surface area contributed by atoms with Gasteiger partial charge in [-0.05, 0) is 18.8 Å². The first-order chi connectivity index (χ1) is 5.77. The molecular weight excluding hydrogens is 154 g/mol. The fourth-order valence-corrected chi connectivity index (χ4v) is 1.67. The molecule has 1 fully saturated rings. The molecule has 0 radical (unpaired) electrons. The molecule has 0 aliphatic carbocycles. The summed E-state index contributed by atoms with van der Waals surface area (Å²) in [5.74, 6) is 5.71. The molecular formula is C8H17N3O. The van der Waals surface area contributed by atoms with Crippen molar-refractivity contribution in [2.45, 2.75) is 26.2 Å². The molecule has 1 atom stereocenters. The van der Waals surface area contributed by atoms with E-state index in [0.717, 1.165) is 25.9 Å². The van der Waals surface area contributed by atoms with Crippen molar-refractivity contribution in [3.8, 4) is 0 Å². The molecule has 0 spiro atoms. The summed E-state index contributed by atoms with van der Waals surface area (Å²) in [5, 5.41) is 0. The molecule has 3 N–H and O–H groups in total. The Balaban J connectivity index is 2.40. The van der Waals surface area contributed by atoms with Crippen LogP contribution in [0.15, 0.2) is 0 Å². The second-order valence-corrected chi connectivity index (χ2v) is 3.31. The third kappa shape index (κ3) is 2.11. The van der Waals surface area contributed by atoms with E-state index in [1.165, 1.54) is 6.42 Å². The van der Waals surface area contributed by atoms with Crippen molar-refractivity contribution >= 4 is 6.03 Å². The van der Waals surface area contributed by atoms with E-state index in [1.807, 2.05) is 0 Å². The van der Waals surface area contributed by atoms with E-state index in [-0.39, 0.29) is 6.03 Å². The standard InChI is InChI=1S/C8H17N3O/c1-2-7-4-3-5-11(6-7)8(12)10-9/h7H,2-6,9H2,1H3,(H,10,12). The van der Waals surface area contributed by atoms with Gasteiger partial charge in [0.2, 0.25) is 0 Å². The Morgan fingerprint density at radius 1 is 1.75 bits per heavy atom. The van der Waals surface area contributed by atoms with Gasteiger partial charge in [0.05, 0.1) is 0 Å². The van der Waals surface area contributed by atoms with Gasteiger partial charge in [-0.15, -0.1) is 0 Å². The maximum absolute atomic E-state index is 11.1. The Morgan fingerprint density at radius 3 is 3.08 bits per heavy atom. The van der Waals surface area contributed by atoms with Crippen LogP contribution in [0, 0.1) is 5.92 Å². The van der Waals surface area contributed by atoms with Crippen molar-refractivity contribution < 1.29 is 4.79 Å². The van der Waals surface area contributed by atoms with Gasteiger partial charge in [0, 0.05) is 13.1 Å². The lowest BCUT2D eigenvalue weighted by atomic mass is 9.96. The molecule has 0 aromatic rings. The molecule has 0 aromatic heterocycles. The van der Waals surface area contributed by atoms with Gasteiger partial charge in [-0.3, -0.25) is 5.43 Å². The van der Waals surface area contributed by atoms with Crippen molar-refractivity contribution in [3.63, 3.8) is 0 Å². The van der Waals surface area contributed by atoms with Crippen LogP contribution in [0.2, 0.25) is 0 Å². The molecule has 1 rings (SSSR count). The van der Waals surface area contributed by atoms with E-state index in [1.54, 1.807) is 4.90 Å². The number of urea groups is 1. The quantitative estimate of drug-likeness (QED) is 0.346. The zero-order valence-electron chi connectivity index (χ0n) is 7.55. The van der Waals surface area contributed by atoms with Gasteiger partial charge in [0.15, 0.2) is 0 Å². The van der Waals surface area contributed by atoms with Gasteiger partial charge in [-0.2, -0.15) is 0 Å². The Bertz CT molecular complexity index is 160. The minimum Gasteiger partial charge on any atom is -0.323 e. The van der Waals surface area contributed by atoms with Crippen molar-refractivity contribution in [2.75, 3.05) is 13.1 Å². The van der Waals surface area contributed by atoms with Crippen molar-refractivity contribution in [1.29, 1.82) is 0 Å². The van der Waals surface area contributed by atoms with E-state index >= 15 is 0 Å². The summed E-state index contributed by atoms with van der Waals surface area (Å²) in [6.45, 7) is 3.87. The van der Waals surface area contributed by atoms with Crippen LogP contribution in [0.4, 0.5) is 4.79 Å². The largest absolute Gasteiger partial charge is 0.331 e. The third-order valence-corrected chi connectivity index (χ3v) is 2.51. The number of likely N-dealkylation sites (tertiary alicyclic amines) is 1. The lowest BCUT2D eigenvalue weighted by Gasteiger charge is -2.31. The number of hydrogen-bond donors (Lipinski definition) is 2. The highest BCUT2D eigenvalue weighted by atomic mass is 16.2. The van der Waals surface area contributed by atoms with Crippen LogP contribution in [-0.2, 0) is 0 Å². The Morgan fingerprint density at radius 2 is 2.50 bits per heavy atom. The lowest BCUT2D eigenvalue weighted by molar-refractivity contribution is 0.164. The number of carbonyl (C=O) groups is 1. The first kappa shape index (κ1) is 9.32. The predicted molar refractivity (Wildman–Crippen MR) is 47.3 cm³/mol. The van der Waals surface area contributed by atoms with Crippen molar-refractivity contribution in [2.24, 2.45) is 11.8 Å². The van der Waals surface area contributed by atoms with Crippen LogP contribution in [0.1, 0.15) is 26.2 Å². The SMILES string of the molecule is CCC1CCCN(C(=O)NN)C1. The Labute approximate surface area is 73.1 Å². The number of piperidine rings is 1. The molecule has 1 heterocycles. The van der Waals surface area contributed by atoms with Crippen LogP contribution in [-0.4, -0.2) is 24.0 Å². The molecule has 1 unspecified atom stereocenters. The van der Waals surface area contributed by atoms with E-state index in [0.29, 0.717) is 5.92 Å². The lowest BCUT2D eigenvalue weighted by Crippen LogP contribution is -2.47. The normalized spacial score (nSPS) is 23.8. The van der Waals surface area contributed by atoms with Gasteiger partial charge in [0.25, 0.3) is 0 Å². The van der Waals surface area contributed by atoms with E-state index in [2.05, 4.69) is 12.3 Å². The molecule has 0 aromatic carbocycles. The summed E-state index contributed by atoms with van der Waals surface area (Å²) in [4.78, 5) is 12.9. The van der Waals surface area contributed by atoms with E-state index < -0.39 is 0 Å². The Hall–Kier alpha value is -0.770. The number of hydrazine groups is 1. The molecule has 0 saturated carbocycles. The molecule has 0 bridgehead atoms. The summed E-state index contributed by atoms with van der Waals surface area (Å²) < 4.78 is 0. The van der Waals surface area contributed by atoms with E-state index in [4.69, 9.17) is 5.84 Å². The highest BCUT2D eigenvalue weighted by Gasteiger charge is 2.21. The first-order valence-corrected chi connectivity index (χ1v) is 4.53. The van der Waals surface area contributed by atoms with Gasteiger partial charge in [-0.1, -0.05) is 13.3 Å². The minimum absolute atomic E-state index is 0.145. The van der Waals surface area contributed by atoms with Crippen LogP contribution in [0.5, 0.6) is 0 Å². The third-order valence-electron chi connectivity index (χ3n) is 2.51. The number of carbonyl (C=O) groups excluding carboxylic acids is 1. The smallest absolute Gasteiger partial charge is 0.323 e. The first-order valence-electron chi connectivity index (χ1n) is 4.53. The van der Waals surface area contributed by atoms with Crippen molar-refractivity contribution in [1.82, 2.24) is 10.3 Å². The maximum Gasteiger partial charge on any atom is 0.331 e. The van der Waals surface area contributed by atoms with Gasteiger partial charge >= 0.3 is 6.03 Å². The fourth-order valence-electron chi connectivity index (χ4n) is 1.67. The number of nitrogens with two attached hydrogens (primary N) is 1. The minimum atomic E-state index is -0.145. The summed E-state index contributed by atoms with van der Waals surface area (Å²) >= 11 is 0. The van der Waals surface area contributed by atoms with Gasteiger partial charge in [-0.25, -0.2) is 10.6 Å². The van der Waals surface area contributed by atoms with Gasteiger partial charge in [0.1, 0.15) is 0 Å². The highest BCUT2D eigenvalue weighted by molar-refractivity contribution is 5.73. The number of amides is 2. The summed E-state index contributed by atoms with van der Waals surface area (Å²) in [5.41, 5.74) is 2.17. The van der Waals surface area contributed by atoms with Crippen LogP contribution < -0.4 is 11.3 Å². The number of nitrogens with zero attached hydrogens (tertiary/aromatic N) is 1. The average molecular weight is 171 g/mol. The maximum atomic E-state index is 11.1. The molecule has 2 amide bonds. The average Bonchev–Trinajstić information content (AvgIpc) is 2.17. The van der Waals surface area contributed by atoms with E-state index in [9.17, 15) is 4.79 Å². The summed E-state index contributed by atoms with van der Waals surface area (Å²) in [6, 6.07) is -0.145. The monoisotopic (exact) mass is 171 g/mol. The van der Waals surface area contributed by atoms with Crippen LogP contribution in [0.25, 0.3) is 0 Å². The molecule has 1 saturated heterocycles. The molecule has 1 aliphatic heterocycles. The summed E-state index contributed by atoms with van der Waals surface area (Å²) in [7, 11) is 0. The molecule has 4 heteroatoms. The van der Waals surface area contributed by atoms with Gasteiger partial charge < -0.3 is 4.90 Å². The molecule has 12 heavy (non-hydrogen) atoms. The number of hydrogen-bond acceptors (Lipinski definition) is 2.